The van der Waals surface area contributed by atoms with Crippen molar-refractivity contribution in [2.24, 2.45) is 0 Å². The molecule has 0 radical (unpaired) electrons. The molecule has 0 aliphatic rings. The van der Waals surface area contributed by atoms with Crippen molar-refractivity contribution in [1.82, 2.24) is 15.0 Å². The zero-order valence-electron chi connectivity index (χ0n) is 8.68. The maximum Gasteiger partial charge on any atom is 0.185 e. The lowest BCUT2D eigenvalue weighted by Gasteiger charge is -2.03. The fourth-order valence-corrected chi connectivity index (χ4v) is 1.64. The van der Waals surface area contributed by atoms with Crippen molar-refractivity contribution in [3.63, 3.8) is 0 Å². The summed E-state index contributed by atoms with van der Waals surface area (Å²) < 4.78 is 2.77. The normalized spacial score (nSPS) is 10.1. The Morgan fingerprint density at radius 2 is 2.06 bits per heavy atom. The van der Waals surface area contributed by atoms with Gasteiger partial charge >= 0.3 is 0 Å². The summed E-state index contributed by atoms with van der Waals surface area (Å²) in [5.41, 5.74) is 2.31. The molecule has 0 bridgehead atoms. The Balaban J connectivity index is 2.24. The van der Waals surface area contributed by atoms with Crippen LogP contribution in [-0.2, 0) is 6.54 Å². The lowest BCUT2D eigenvalue weighted by atomic mass is 10.2. The van der Waals surface area contributed by atoms with Crippen molar-refractivity contribution in [2.75, 3.05) is 0 Å². The summed E-state index contributed by atoms with van der Waals surface area (Å²) in [4.78, 5) is 0. The van der Waals surface area contributed by atoms with Gasteiger partial charge in [0, 0.05) is 4.47 Å². The van der Waals surface area contributed by atoms with Crippen LogP contribution in [0.15, 0.2) is 28.7 Å². The predicted molar refractivity (Wildman–Crippen MR) is 62.7 cm³/mol. The molecule has 1 heterocycles. The number of hydrogen-bond donors (Lipinski definition) is 0. The molecular weight excluding hydrogens is 268 g/mol. The molecule has 5 heteroatoms. The maximum atomic E-state index is 8.76. The lowest BCUT2D eigenvalue weighted by Crippen LogP contribution is -2.03. The molecule has 0 spiro atoms. The number of rotatable bonds is 2. The van der Waals surface area contributed by atoms with E-state index in [1.807, 2.05) is 37.3 Å². The van der Waals surface area contributed by atoms with Gasteiger partial charge in [0.05, 0.1) is 12.2 Å². The third kappa shape index (κ3) is 2.12. The van der Waals surface area contributed by atoms with Gasteiger partial charge < -0.3 is 0 Å². The molecule has 1 aromatic carbocycles. The monoisotopic (exact) mass is 276 g/mol. The lowest BCUT2D eigenvalue weighted by molar-refractivity contribution is 0.633. The summed E-state index contributed by atoms with van der Waals surface area (Å²) in [6.07, 6.45) is 0. The van der Waals surface area contributed by atoms with E-state index in [-0.39, 0.29) is 0 Å². The summed E-state index contributed by atoms with van der Waals surface area (Å²) in [7, 11) is 0. The molecule has 0 amide bonds. The first-order chi connectivity index (χ1) is 7.70. The van der Waals surface area contributed by atoms with Crippen LogP contribution in [0.4, 0.5) is 0 Å². The third-order valence-electron chi connectivity index (χ3n) is 2.33. The molecule has 0 fully saturated rings. The number of nitrogens with zero attached hydrogens (tertiary/aromatic N) is 4. The van der Waals surface area contributed by atoms with E-state index in [9.17, 15) is 0 Å². The number of aromatic nitrogens is 3. The van der Waals surface area contributed by atoms with Gasteiger partial charge in [-0.05, 0) is 24.6 Å². The van der Waals surface area contributed by atoms with E-state index < -0.39 is 0 Å². The number of nitriles is 1. The molecule has 2 rings (SSSR count). The fourth-order valence-electron chi connectivity index (χ4n) is 1.38. The number of benzene rings is 1. The molecule has 16 heavy (non-hydrogen) atoms. The average Bonchev–Trinajstić information content (AvgIpc) is 2.63. The van der Waals surface area contributed by atoms with Crippen LogP contribution in [0.1, 0.15) is 17.0 Å². The molecular formula is C11H9BrN4. The molecule has 0 aliphatic carbocycles. The van der Waals surface area contributed by atoms with Crippen molar-refractivity contribution in [3.8, 4) is 6.07 Å². The van der Waals surface area contributed by atoms with Gasteiger partial charge in [0.2, 0.25) is 0 Å². The second-order valence-corrected chi connectivity index (χ2v) is 4.34. The molecule has 1 aromatic heterocycles. The largest absolute Gasteiger partial charge is 0.244 e. The van der Waals surface area contributed by atoms with E-state index in [4.69, 9.17) is 5.26 Å². The Kier molecular flexibility index (Phi) is 3.02. The Labute approximate surface area is 102 Å². The molecule has 0 saturated heterocycles. The molecule has 80 valence electrons. The van der Waals surface area contributed by atoms with Crippen molar-refractivity contribution in [3.05, 3.63) is 45.7 Å². The predicted octanol–water partition coefficient (Wildman–Crippen LogP) is 2.27. The Morgan fingerprint density at radius 1 is 1.38 bits per heavy atom. The van der Waals surface area contributed by atoms with E-state index in [1.165, 1.54) is 0 Å². The molecule has 2 aromatic rings. The summed E-state index contributed by atoms with van der Waals surface area (Å²) in [6, 6.07) is 9.99. The topological polar surface area (TPSA) is 54.5 Å². The molecule has 0 saturated carbocycles. The van der Waals surface area contributed by atoms with Crippen LogP contribution in [0.25, 0.3) is 0 Å². The Morgan fingerprint density at radius 3 is 2.62 bits per heavy atom. The molecule has 0 atom stereocenters. The van der Waals surface area contributed by atoms with Gasteiger partial charge in [-0.25, -0.2) is 4.68 Å². The first-order valence-corrected chi connectivity index (χ1v) is 5.54. The summed E-state index contributed by atoms with van der Waals surface area (Å²) in [6.45, 7) is 2.48. The second kappa shape index (κ2) is 4.45. The summed E-state index contributed by atoms with van der Waals surface area (Å²) in [5, 5.41) is 16.5. The standard InChI is InChI=1S/C11H9BrN4/c1-8-11(6-13)14-15-16(8)7-9-2-4-10(12)5-3-9/h2-5H,7H2,1H3. The number of hydrogen-bond acceptors (Lipinski definition) is 3. The van der Waals surface area contributed by atoms with Crippen LogP contribution >= 0.6 is 15.9 Å². The average molecular weight is 277 g/mol. The van der Waals surface area contributed by atoms with E-state index >= 15 is 0 Å². The first kappa shape index (κ1) is 10.8. The van der Waals surface area contributed by atoms with E-state index in [2.05, 4.69) is 26.2 Å². The van der Waals surface area contributed by atoms with Crippen molar-refractivity contribution in [2.45, 2.75) is 13.5 Å². The van der Waals surface area contributed by atoms with Crippen LogP contribution in [0.2, 0.25) is 0 Å². The van der Waals surface area contributed by atoms with Gasteiger partial charge in [0.15, 0.2) is 5.69 Å². The minimum absolute atomic E-state index is 0.386. The smallest absolute Gasteiger partial charge is 0.185 e. The highest BCUT2D eigenvalue weighted by Crippen LogP contribution is 2.12. The highest BCUT2D eigenvalue weighted by atomic mass is 79.9. The van der Waals surface area contributed by atoms with Crippen molar-refractivity contribution < 1.29 is 0 Å². The van der Waals surface area contributed by atoms with Crippen LogP contribution in [0.5, 0.6) is 0 Å². The van der Waals surface area contributed by atoms with Crippen LogP contribution in [0.3, 0.4) is 0 Å². The highest BCUT2D eigenvalue weighted by molar-refractivity contribution is 9.10. The zero-order chi connectivity index (χ0) is 11.5. The molecule has 0 unspecified atom stereocenters. The van der Waals surface area contributed by atoms with E-state index in [0.29, 0.717) is 12.2 Å². The first-order valence-electron chi connectivity index (χ1n) is 4.75. The summed E-state index contributed by atoms with van der Waals surface area (Å²) >= 11 is 3.38. The van der Waals surface area contributed by atoms with Gasteiger partial charge in [-0.3, -0.25) is 0 Å². The van der Waals surface area contributed by atoms with E-state index in [0.717, 1.165) is 15.7 Å². The minimum atomic E-state index is 0.386. The highest BCUT2D eigenvalue weighted by Gasteiger charge is 2.07. The quantitative estimate of drug-likeness (QED) is 0.846. The van der Waals surface area contributed by atoms with Gasteiger partial charge in [0.25, 0.3) is 0 Å². The van der Waals surface area contributed by atoms with Crippen molar-refractivity contribution in [1.29, 1.82) is 5.26 Å². The van der Waals surface area contributed by atoms with E-state index in [1.54, 1.807) is 4.68 Å². The number of halogens is 1. The van der Waals surface area contributed by atoms with Gasteiger partial charge in [-0.15, -0.1) is 5.10 Å². The SMILES string of the molecule is Cc1c(C#N)nnn1Cc1ccc(Br)cc1. The van der Waals surface area contributed by atoms with Gasteiger partial charge in [-0.2, -0.15) is 5.26 Å². The van der Waals surface area contributed by atoms with Crippen molar-refractivity contribution >= 4 is 15.9 Å². The Bertz CT molecular complexity index is 536. The maximum absolute atomic E-state index is 8.76. The van der Waals surface area contributed by atoms with Crippen LogP contribution in [-0.4, -0.2) is 15.0 Å². The molecule has 4 nitrogen and oxygen atoms in total. The van der Waals surface area contributed by atoms with Crippen LogP contribution in [0, 0.1) is 18.3 Å². The van der Waals surface area contributed by atoms with Crippen LogP contribution < -0.4 is 0 Å². The molecule has 0 aliphatic heterocycles. The third-order valence-corrected chi connectivity index (χ3v) is 2.86. The molecule has 0 N–H and O–H groups in total. The minimum Gasteiger partial charge on any atom is -0.244 e. The van der Waals surface area contributed by atoms with Gasteiger partial charge in [0.1, 0.15) is 6.07 Å². The second-order valence-electron chi connectivity index (χ2n) is 3.42. The van der Waals surface area contributed by atoms with Gasteiger partial charge in [-0.1, -0.05) is 33.3 Å². The fraction of sp³-hybridized carbons (Fsp3) is 0.182. The Hall–Kier alpha value is -1.67. The summed E-state index contributed by atoms with van der Waals surface area (Å²) in [5.74, 6) is 0. The zero-order valence-corrected chi connectivity index (χ0v) is 10.3.